The predicted octanol–water partition coefficient (Wildman–Crippen LogP) is 5.17. The van der Waals surface area contributed by atoms with Crippen LogP contribution in [0.15, 0.2) is 29.7 Å². The molecule has 1 N–H and O–H groups in total. The second kappa shape index (κ2) is 10.1. The molecule has 1 fully saturated rings. The Morgan fingerprint density at radius 1 is 1.15 bits per heavy atom. The number of fused-ring (bicyclic) bond motifs is 1. The fraction of sp³-hybridized carbons (Fsp3) is 0.647. The van der Waals surface area contributed by atoms with Crippen molar-refractivity contribution in [1.82, 2.24) is 5.32 Å². The van der Waals surface area contributed by atoms with Crippen molar-refractivity contribution in [3.8, 4) is 0 Å². The first-order chi connectivity index (χ1) is 9.85. The zero-order chi connectivity index (χ0) is 15.6. The molecule has 3 rings (SSSR count). The Bertz CT molecular complexity index is 361. The molecule has 3 heteroatoms. The largest absolute Gasteiger partial charge is 0.363 e. The summed E-state index contributed by atoms with van der Waals surface area (Å²) in [5, 5.41) is 5.70. The van der Waals surface area contributed by atoms with Gasteiger partial charge < -0.3 is 4.74 Å². The number of nitrogens with one attached hydrogen (secondary N) is 1. The zero-order valence-corrected chi connectivity index (χ0v) is 14.9. The van der Waals surface area contributed by atoms with Crippen LogP contribution in [-0.2, 0) is 10.3 Å². The summed E-state index contributed by atoms with van der Waals surface area (Å²) >= 11 is 1.83. The minimum Gasteiger partial charge on any atom is -0.363 e. The quantitative estimate of drug-likeness (QED) is 0.760. The monoisotopic (exact) mass is 297 g/mol. The van der Waals surface area contributed by atoms with Gasteiger partial charge >= 0.3 is 0 Å². The highest BCUT2D eigenvalue weighted by Gasteiger charge is 2.57. The normalized spacial score (nSPS) is 28.6. The van der Waals surface area contributed by atoms with Gasteiger partial charge in [-0.05, 0) is 23.9 Å². The average Bonchev–Trinajstić information content (AvgIpc) is 3.03. The van der Waals surface area contributed by atoms with Gasteiger partial charge in [0.05, 0.1) is 5.54 Å². The summed E-state index contributed by atoms with van der Waals surface area (Å²) in [4.78, 5) is 1.44. The molecule has 2 nitrogen and oxygen atoms in total. The second-order valence-electron chi connectivity index (χ2n) is 3.94. The third-order valence-corrected chi connectivity index (χ3v) is 4.20. The van der Waals surface area contributed by atoms with Crippen molar-refractivity contribution in [3.05, 3.63) is 34.5 Å². The minimum absolute atomic E-state index is 0.0795. The molecule has 3 atom stereocenters. The summed E-state index contributed by atoms with van der Waals surface area (Å²) in [6.45, 7) is 12.0. The molecule has 0 radical (unpaired) electrons. The Morgan fingerprint density at radius 2 is 1.80 bits per heavy atom. The lowest BCUT2D eigenvalue weighted by atomic mass is 10.1. The fourth-order valence-corrected chi connectivity index (χ4v) is 3.21. The molecule has 1 aliphatic heterocycles. The molecule has 3 unspecified atom stereocenters. The van der Waals surface area contributed by atoms with Crippen molar-refractivity contribution in [2.45, 2.75) is 59.7 Å². The number of hydrogen-bond acceptors (Lipinski definition) is 3. The third-order valence-electron chi connectivity index (χ3n) is 3.15. The van der Waals surface area contributed by atoms with Gasteiger partial charge in [0, 0.05) is 17.9 Å². The molecular formula is C17H31NOS. The predicted molar refractivity (Wildman–Crippen MR) is 91.2 cm³/mol. The highest BCUT2D eigenvalue weighted by Crippen LogP contribution is 2.56. The molecule has 0 amide bonds. The highest BCUT2D eigenvalue weighted by atomic mass is 32.1. The summed E-state index contributed by atoms with van der Waals surface area (Å²) in [6.07, 6.45) is 5.69. The number of rotatable bonds is 2. The van der Waals surface area contributed by atoms with Crippen LogP contribution in [0.4, 0.5) is 0 Å². The van der Waals surface area contributed by atoms with Crippen molar-refractivity contribution >= 4 is 11.3 Å². The SMILES string of the molecule is CC.CC.CC.COC1C=CC2CC2(c2cccs2)N1. The van der Waals surface area contributed by atoms with E-state index in [0.29, 0.717) is 5.92 Å². The summed E-state index contributed by atoms with van der Waals surface area (Å²) in [6, 6.07) is 4.33. The van der Waals surface area contributed by atoms with E-state index in [2.05, 4.69) is 35.0 Å². The van der Waals surface area contributed by atoms with Crippen LogP contribution in [0.1, 0.15) is 52.8 Å². The van der Waals surface area contributed by atoms with Crippen molar-refractivity contribution < 1.29 is 4.74 Å². The van der Waals surface area contributed by atoms with Crippen LogP contribution in [0.5, 0.6) is 0 Å². The molecule has 1 aromatic heterocycles. The summed E-state index contributed by atoms with van der Waals surface area (Å²) in [5.41, 5.74) is 0.198. The number of hydrogen-bond donors (Lipinski definition) is 1. The van der Waals surface area contributed by atoms with Gasteiger partial charge in [-0.15, -0.1) is 11.3 Å². The van der Waals surface area contributed by atoms with Crippen LogP contribution in [-0.4, -0.2) is 13.3 Å². The van der Waals surface area contributed by atoms with E-state index in [-0.39, 0.29) is 11.8 Å². The Hall–Kier alpha value is -0.640. The zero-order valence-electron chi connectivity index (χ0n) is 14.1. The molecule has 2 heterocycles. The van der Waals surface area contributed by atoms with E-state index in [1.54, 1.807) is 7.11 Å². The molecule has 2 aliphatic rings. The molecule has 1 saturated carbocycles. The van der Waals surface area contributed by atoms with Crippen molar-refractivity contribution in [3.63, 3.8) is 0 Å². The second-order valence-corrected chi connectivity index (χ2v) is 4.89. The molecule has 0 spiro atoms. The van der Waals surface area contributed by atoms with Gasteiger partial charge in [0.2, 0.25) is 0 Å². The Morgan fingerprint density at radius 3 is 2.30 bits per heavy atom. The lowest BCUT2D eigenvalue weighted by Gasteiger charge is -2.25. The molecule has 0 saturated heterocycles. The minimum atomic E-state index is 0.0795. The third kappa shape index (κ3) is 4.18. The van der Waals surface area contributed by atoms with Gasteiger partial charge in [-0.2, -0.15) is 0 Å². The molecule has 116 valence electrons. The lowest BCUT2D eigenvalue weighted by molar-refractivity contribution is 0.0909. The Labute approximate surface area is 129 Å². The molecule has 0 aromatic carbocycles. The molecule has 1 aromatic rings. The van der Waals surface area contributed by atoms with E-state index in [4.69, 9.17) is 4.74 Å². The van der Waals surface area contributed by atoms with Crippen LogP contribution in [0, 0.1) is 5.92 Å². The maximum absolute atomic E-state index is 5.32. The van der Waals surface area contributed by atoms with Crippen molar-refractivity contribution in [2.24, 2.45) is 5.92 Å². The van der Waals surface area contributed by atoms with Gasteiger partial charge in [0.15, 0.2) is 0 Å². The van der Waals surface area contributed by atoms with E-state index in [9.17, 15) is 0 Å². The van der Waals surface area contributed by atoms with Crippen molar-refractivity contribution in [2.75, 3.05) is 7.11 Å². The first-order valence-corrected chi connectivity index (χ1v) is 8.76. The van der Waals surface area contributed by atoms with Crippen LogP contribution in [0.25, 0.3) is 0 Å². The lowest BCUT2D eigenvalue weighted by Crippen LogP contribution is -2.41. The maximum Gasteiger partial charge on any atom is 0.127 e. The standard InChI is InChI=1S/C11H13NOS.3C2H6/c1-13-10-5-4-8-7-11(8,12-10)9-3-2-6-14-9;3*1-2/h2-6,8,10,12H,7H2,1H3;3*1-2H3. The van der Waals surface area contributed by atoms with E-state index in [1.807, 2.05) is 52.9 Å². The average molecular weight is 298 g/mol. The first kappa shape index (κ1) is 19.4. The van der Waals surface area contributed by atoms with Gasteiger partial charge in [0.25, 0.3) is 0 Å². The van der Waals surface area contributed by atoms with Crippen LogP contribution in [0.3, 0.4) is 0 Å². The Balaban J connectivity index is 0.000000538. The molecule has 1 aliphatic carbocycles. The van der Waals surface area contributed by atoms with E-state index >= 15 is 0 Å². The fourth-order valence-electron chi connectivity index (χ4n) is 2.25. The van der Waals surface area contributed by atoms with E-state index in [1.165, 1.54) is 11.3 Å². The molecular weight excluding hydrogens is 266 g/mol. The van der Waals surface area contributed by atoms with E-state index < -0.39 is 0 Å². The van der Waals surface area contributed by atoms with Gasteiger partial charge in [-0.1, -0.05) is 53.7 Å². The van der Waals surface area contributed by atoms with Gasteiger partial charge in [0.1, 0.15) is 6.23 Å². The number of methoxy groups -OCH3 is 1. The topological polar surface area (TPSA) is 21.3 Å². The van der Waals surface area contributed by atoms with Crippen LogP contribution < -0.4 is 5.32 Å². The first-order valence-electron chi connectivity index (χ1n) is 7.88. The van der Waals surface area contributed by atoms with Crippen molar-refractivity contribution in [1.29, 1.82) is 0 Å². The van der Waals surface area contributed by atoms with E-state index in [0.717, 1.165) is 0 Å². The number of thiophene rings is 1. The highest BCUT2D eigenvalue weighted by molar-refractivity contribution is 7.10. The van der Waals surface area contributed by atoms with Crippen LogP contribution >= 0.6 is 11.3 Å². The maximum atomic E-state index is 5.32. The molecule has 20 heavy (non-hydrogen) atoms. The smallest absolute Gasteiger partial charge is 0.127 e. The van der Waals surface area contributed by atoms with Crippen LogP contribution in [0.2, 0.25) is 0 Å². The van der Waals surface area contributed by atoms with Gasteiger partial charge in [-0.25, -0.2) is 0 Å². The summed E-state index contributed by atoms with van der Waals surface area (Å²) < 4.78 is 5.32. The summed E-state index contributed by atoms with van der Waals surface area (Å²) in [5.74, 6) is 0.674. The Kier molecular flexibility index (Phi) is 9.82. The molecule has 0 bridgehead atoms. The number of ether oxygens (including phenoxy) is 1. The summed E-state index contributed by atoms with van der Waals surface area (Å²) in [7, 11) is 1.74. The van der Waals surface area contributed by atoms with Gasteiger partial charge in [-0.3, -0.25) is 5.32 Å².